The lowest BCUT2D eigenvalue weighted by Crippen LogP contribution is -2.58. The van der Waals surface area contributed by atoms with Gasteiger partial charge in [0.15, 0.2) is 0 Å². The van der Waals surface area contributed by atoms with Gasteiger partial charge in [-0.15, -0.1) is 0 Å². The van der Waals surface area contributed by atoms with Crippen LogP contribution in [0.5, 0.6) is 5.75 Å². The quantitative estimate of drug-likeness (QED) is 0.580. The lowest BCUT2D eigenvalue weighted by Gasteiger charge is -2.48. The van der Waals surface area contributed by atoms with Crippen LogP contribution in [0.15, 0.2) is 18.2 Å². The Bertz CT molecular complexity index is 644. The van der Waals surface area contributed by atoms with Gasteiger partial charge in [0.2, 0.25) is 5.91 Å². The lowest BCUT2D eigenvalue weighted by molar-refractivity contribution is -0.117. The number of amides is 1. The average molecular weight is 354 g/mol. The molecule has 0 saturated carbocycles. The highest BCUT2D eigenvalue weighted by atomic mass is 33.1. The van der Waals surface area contributed by atoms with Crippen molar-refractivity contribution in [2.75, 3.05) is 11.5 Å². The molecule has 0 spiro atoms. The number of hydrogen-bond acceptors (Lipinski definition) is 5. The fraction of sp³-hybridized carbons (Fsp3) is 0.500. The Morgan fingerprint density at radius 3 is 2.82 bits per heavy atom. The van der Waals surface area contributed by atoms with E-state index >= 15 is 0 Å². The van der Waals surface area contributed by atoms with Crippen LogP contribution < -0.4 is 9.64 Å². The molecule has 2 aliphatic rings. The third-order valence-electron chi connectivity index (χ3n) is 4.26. The second kappa shape index (κ2) is 5.73. The number of anilines is 1. The van der Waals surface area contributed by atoms with Crippen molar-refractivity contribution in [3.05, 3.63) is 23.8 Å². The van der Waals surface area contributed by atoms with E-state index in [1.807, 2.05) is 24.0 Å². The zero-order valence-corrected chi connectivity index (χ0v) is 15.5. The van der Waals surface area contributed by atoms with Crippen molar-refractivity contribution >= 4 is 49.6 Å². The van der Waals surface area contributed by atoms with E-state index in [1.165, 1.54) is 0 Å². The molecule has 2 aliphatic heterocycles. The molecule has 1 aromatic rings. The zero-order valence-electron chi connectivity index (χ0n) is 13.1. The molecule has 1 fully saturated rings. The summed E-state index contributed by atoms with van der Waals surface area (Å²) in [4.78, 5) is 14.2. The van der Waals surface area contributed by atoms with Crippen molar-refractivity contribution < 1.29 is 9.53 Å². The third kappa shape index (κ3) is 2.36. The van der Waals surface area contributed by atoms with Crippen molar-refractivity contribution in [2.24, 2.45) is 0 Å². The lowest BCUT2D eigenvalue weighted by atomic mass is 9.79. The van der Waals surface area contributed by atoms with Crippen LogP contribution in [0.4, 0.5) is 5.69 Å². The molecular formula is C16H19NO2S3. The summed E-state index contributed by atoms with van der Waals surface area (Å²) in [5.74, 6) is 1.09. The van der Waals surface area contributed by atoms with Gasteiger partial charge in [-0.1, -0.05) is 23.0 Å². The minimum absolute atomic E-state index is 0.0669. The molecule has 2 unspecified atom stereocenters. The number of hydrogen-bond donors (Lipinski definition) is 0. The molecule has 3 nitrogen and oxygen atoms in total. The van der Waals surface area contributed by atoms with Gasteiger partial charge in [-0.2, -0.15) is 0 Å². The summed E-state index contributed by atoms with van der Waals surface area (Å²) in [5.41, 5.74) is 1.81. The highest BCUT2D eigenvalue weighted by Crippen LogP contribution is 2.59. The summed E-state index contributed by atoms with van der Waals surface area (Å²) in [6.45, 7) is 8.50. The van der Waals surface area contributed by atoms with Gasteiger partial charge in [0, 0.05) is 18.5 Å². The number of benzene rings is 1. The zero-order chi connectivity index (χ0) is 16.1. The predicted molar refractivity (Wildman–Crippen MR) is 99.2 cm³/mol. The van der Waals surface area contributed by atoms with E-state index in [1.54, 1.807) is 28.5 Å². The first-order valence-corrected chi connectivity index (χ1v) is 9.94. The fourth-order valence-corrected chi connectivity index (χ4v) is 7.44. The van der Waals surface area contributed by atoms with Crippen LogP contribution in [0.2, 0.25) is 0 Å². The Morgan fingerprint density at radius 2 is 2.18 bits per heavy atom. The monoisotopic (exact) mass is 353 g/mol. The number of nitrogens with zero attached hydrogens (tertiary/aromatic N) is 1. The number of carbonyl (C=O) groups excluding carboxylic acids is 1. The minimum Gasteiger partial charge on any atom is -0.494 e. The van der Waals surface area contributed by atoms with Gasteiger partial charge >= 0.3 is 0 Å². The maximum atomic E-state index is 12.3. The van der Waals surface area contributed by atoms with Crippen LogP contribution in [0, 0.1) is 0 Å². The van der Waals surface area contributed by atoms with E-state index < -0.39 is 0 Å². The van der Waals surface area contributed by atoms with Gasteiger partial charge in [-0.3, -0.25) is 4.79 Å². The summed E-state index contributed by atoms with van der Waals surface area (Å²) in [6.07, 6.45) is 0. The maximum absolute atomic E-state index is 12.3. The van der Waals surface area contributed by atoms with Gasteiger partial charge < -0.3 is 9.64 Å². The van der Waals surface area contributed by atoms with Crippen molar-refractivity contribution in [3.8, 4) is 5.75 Å². The predicted octanol–water partition coefficient (Wildman–Crippen LogP) is 4.41. The average Bonchev–Trinajstić information content (AvgIpc) is 2.82. The molecule has 0 aliphatic carbocycles. The van der Waals surface area contributed by atoms with Crippen LogP contribution in [0.1, 0.15) is 39.2 Å². The van der Waals surface area contributed by atoms with Crippen LogP contribution in [0.3, 0.4) is 0 Å². The summed E-state index contributed by atoms with van der Waals surface area (Å²) in [6, 6.07) is 5.99. The normalized spacial score (nSPS) is 25.6. The molecule has 6 heteroatoms. The van der Waals surface area contributed by atoms with E-state index in [2.05, 4.69) is 19.9 Å². The minimum atomic E-state index is -0.269. The molecule has 1 amide bonds. The Hall–Kier alpha value is -0.720. The van der Waals surface area contributed by atoms with Gasteiger partial charge in [-0.05, 0) is 55.3 Å². The molecule has 1 saturated heterocycles. The number of fused-ring (bicyclic) bond motifs is 3. The van der Waals surface area contributed by atoms with E-state index in [4.69, 9.17) is 17.0 Å². The summed E-state index contributed by atoms with van der Waals surface area (Å²) >= 11 is 5.61. The second-order valence-electron chi connectivity index (χ2n) is 6.06. The molecule has 0 aromatic heterocycles. The maximum Gasteiger partial charge on any atom is 0.224 e. The topological polar surface area (TPSA) is 29.5 Å². The first-order chi connectivity index (χ1) is 10.4. The number of thiocarbonyl (C=S) groups is 1. The van der Waals surface area contributed by atoms with Crippen molar-refractivity contribution in [1.29, 1.82) is 0 Å². The van der Waals surface area contributed by atoms with Crippen molar-refractivity contribution in [2.45, 2.75) is 44.4 Å². The summed E-state index contributed by atoms with van der Waals surface area (Å²) < 4.78 is 6.64. The Kier molecular flexibility index (Phi) is 4.20. The van der Waals surface area contributed by atoms with Gasteiger partial charge in [0.25, 0.3) is 0 Å². The van der Waals surface area contributed by atoms with Crippen LogP contribution >= 0.6 is 33.8 Å². The molecule has 118 valence electrons. The molecular weight excluding hydrogens is 334 g/mol. The Labute approximate surface area is 144 Å². The first-order valence-electron chi connectivity index (χ1n) is 7.32. The van der Waals surface area contributed by atoms with Gasteiger partial charge in [0.1, 0.15) is 5.75 Å². The second-order valence-corrected chi connectivity index (χ2v) is 9.14. The third-order valence-corrected chi connectivity index (χ3v) is 8.10. The molecule has 2 atom stereocenters. The van der Waals surface area contributed by atoms with Gasteiger partial charge in [-0.25, -0.2) is 0 Å². The molecule has 0 radical (unpaired) electrons. The van der Waals surface area contributed by atoms with E-state index in [9.17, 15) is 4.79 Å². The summed E-state index contributed by atoms with van der Waals surface area (Å²) in [7, 11) is 3.46. The highest BCUT2D eigenvalue weighted by Gasteiger charge is 2.53. The van der Waals surface area contributed by atoms with E-state index in [-0.39, 0.29) is 22.6 Å². The standard InChI is InChI=1S/C16H19NO2S3/c1-5-19-10-6-7-12-11(8-10)13-14(21-22-15(13)20)16(3,4)17(12)9(2)18/h6-8,13-14H,5H2,1-4H3. The van der Waals surface area contributed by atoms with E-state index in [0.717, 1.165) is 21.2 Å². The van der Waals surface area contributed by atoms with E-state index in [0.29, 0.717) is 6.61 Å². The molecule has 22 heavy (non-hydrogen) atoms. The highest BCUT2D eigenvalue weighted by molar-refractivity contribution is 8.84. The molecule has 3 rings (SSSR count). The van der Waals surface area contributed by atoms with Crippen LogP contribution in [0.25, 0.3) is 0 Å². The largest absolute Gasteiger partial charge is 0.494 e. The number of carbonyl (C=O) groups is 1. The van der Waals surface area contributed by atoms with Crippen LogP contribution in [-0.4, -0.2) is 27.5 Å². The molecule has 0 bridgehead atoms. The van der Waals surface area contributed by atoms with Crippen molar-refractivity contribution in [1.82, 2.24) is 0 Å². The number of rotatable bonds is 2. The fourth-order valence-electron chi connectivity index (χ4n) is 3.40. The first kappa shape index (κ1) is 16.1. The molecule has 1 aromatic carbocycles. The number of ether oxygens (including phenoxy) is 1. The Balaban J connectivity index is 2.20. The molecule has 0 N–H and O–H groups in total. The van der Waals surface area contributed by atoms with Gasteiger partial charge in [0.05, 0.1) is 21.6 Å². The van der Waals surface area contributed by atoms with Crippen LogP contribution in [-0.2, 0) is 4.79 Å². The van der Waals surface area contributed by atoms with Crippen molar-refractivity contribution in [3.63, 3.8) is 0 Å². The molecule has 2 heterocycles. The Morgan fingerprint density at radius 1 is 1.45 bits per heavy atom. The smallest absolute Gasteiger partial charge is 0.224 e. The summed E-state index contributed by atoms with van der Waals surface area (Å²) in [5, 5.41) is 0.262. The SMILES string of the molecule is CCOc1ccc2c(c1)C1C(=S)SSC1C(C)(C)N2C(C)=O.